The van der Waals surface area contributed by atoms with E-state index in [2.05, 4.69) is 24.1 Å². The van der Waals surface area contributed by atoms with Crippen LogP contribution < -0.4 is 14.8 Å². The van der Waals surface area contributed by atoms with Gasteiger partial charge in [0.15, 0.2) is 11.5 Å². The van der Waals surface area contributed by atoms with Crippen molar-refractivity contribution in [1.29, 1.82) is 0 Å². The van der Waals surface area contributed by atoms with Gasteiger partial charge in [0.05, 0.1) is 25.8 Å². The van der Waals surface area contributed by atoms with E-state index < -0.39 is 0 Å². The molecule has 1 saturated heterocycles. The van der Waals surface area contributed by atoms with Crippen molar-refractivity contribution >= 4 is 5.91 Å². The van der Waals surface area contributed by atoms with Gasteiger partial charge in [-0.05, 0) is 55.5 Å². The molecule has 1 aromatic carbocycles. The number of benzene rings is 1. The van der Waals surface area contributed by atoms with Gasteiger partial charge in [-0.3, -0.25) is 9.69 Å². The van der Waals surface area contributed by atoms with Crippen LogP contribution in [0, 0.1) is 11.8 Å². The van der Waals surface area contributed by atoms with Gasteiger partial charge in [0.25, 0.3) is 0 Å². The molecule has 1 amide bonds. The van der Waals surface area contributed by atoms with Crippen molar-refractivity contribution in [3.8, 4) is 11.5 Å². The van der Waals surface area contributed by atoms with E-state index in [-0.39, 0.29) is 24.5 Å². The van der Waals surface area contributed by atoms with Crippen molar-refractivity contribution in [3.63, 3.8) is 0 Å². The Morgan fingerprint density at radius 1 is 1.22 bits per heavy atom. The summed E-state index contributed by atoms with van der Waals surface area (Å²) < 4.78 is 11.5. The fourth-order valence-corrected chi connectivity index (χ4v) is 3.76. The molecule has 6 nitrogen and oxygen atoms in total. The Balaban J connectivity index is 1.62. The Hall–Kier alpha value is -1.79. The lowest BCUT2D eigenvalue weighted by Gasteiger charge is -2.31. The number of likely N-dealkylation sites (tertiary alicyclic amines) is 1. The summed E-state index contributed by atoms with van der Waals surface area (Å²) in [5, 5.41) is 12.5. The first-order chi connectivity index (χ1) is 13.1. The van der Waals surface area contributed by atoms with Crippen LogP contribution in [0.2, 0.25) is 0 Å². The first-order valence-corrected chi connectivity index (χ1v) is 10.1. The number of rotatable bonds is 6. The summed E-state index contributed by atoms with van der Waals surface area (Å²) >= 11 is 0. The number of aliphatic hydroxyl groups is 1. The Morgan fingerprint density at radius 3 is 2.59 bits per heavy atom. The second-order valence-electron chi connectivity index (χ2n) is 7.95. The zero-order chi connectivity index (χ0) is 19.2. The van der Waals surface area contributed by atoms with Crippen LogP contribution in [-0.4, -0.2) is 55.4 Å². The number of nitrogens with one attached hydrogen (secondary N) is 1. The molecule has 0 saturated carbocycles. The molecular weight excluding hydrogens is 344 g/mol. The number of amides is 1. The van der Waals surface area contributed by atoms with Crippen molar-refractivity contribution in [2.24, 2.45) is 11.8 Å². The molecular formula is C21H32N2O4. The molecule has 6 heteroatoms. The average molecular weight is 376 g/mol. The summed E-state index contributed by atoms with van der Waals surface area (Å²) in [4.78, 5) is 14.8. The van der Waals surface area contributed by atoms with Crippen LogP contribution in [0.3, 0.4) is 0 Å². The molecule has 150 valence electrons. The van der Waals surface area contributed by atoms with E-state index in [4.69, 9.17) is 9.47 Å². The van der Waals surface area contributed by atoms with Crippen LogP contribution in [0.4, 0.5) is 0 Å². The van der Waals surface area contributed by atoms with E-state index in [9.17, 15) is 9.90 Å². The monoisotopic (exact) mass is 376 g/mol. The Morgan fingerprint density at radius 2 is 1.93 bits per heavy atom. The molecule has 2 heterocycles. The number of hydrogen-bond acceptors (Lipinski definition) is 5. The Bertz CT molecular complexity index is 627. The molecule has 0 aliphatic carbocycles. The molecule has 3 rings (SSSR count). The molecule has 0 aromatic heterocycles. The van der Waals surface area contributed by atoms with Crippen LogP contribution in [-0.2, 0) is 4.79 Å². The summed E-state index contributed by atoms with van der Waals surface area (Å²) in [6.07, 6.45) is 2.79. The van der Waals surface area contributed by atoms with Gasteiger partial charge >= 0.3 is 0 Å². The largest absolute Gasteiger partial charge is 0.490 e. The predicted octanol–water partition coefficient (Wildman–Crippen LogP) is 2.37. The van der Waals surface area contributed by atoms with Crippen LogP contribution in [0.15, 0.2) is 18.2 Å². The van der Waals surface area contributed by atoms with E-state index >= 15 is 0 Å². The third kappa shape index (κ3) is 5.36. The highest BCUT2D eigenvalue weighted by Crippen LogP contribution is 2.34. The maximum Gasteiger partial charge on any atom is 0.234 e. The fourth-order valence-electron chi connectivity index (χ4n) is 3.76. The first kappa shape index (κ1) is 20.0. The molecule has 0 spiro atoms. The lowest BCUT2D eigenvalue weighted by atomic mass is 9.95. The molecule has 0 radical (unpaired) electrons. The third-order valence-corrected chi connectivity index (χ3v) is 5.45. The zero-order valence-electron chi connectivity index (χ0n) is 16.4. The standard InChI is InChI=1S/C21H32N2O4/c1-15(2)21(17-4-5-18-19(12-17)27-11-3-10-26-18)22-20(25)13-23-8-6-16(14-24)7-9-23/h4-5,12,15-16,21,24H,3,6-11,13-14H2,1-2H3,(H,22,25)/t21-/m1/s1. The summed E-state index contributed by atoms with van der Waals surface area (Å²) in [7, 11) is 0. The van der Waals surface area contributed by atoms with Crippen molar-refractivity contribution in [2.45, 2.75) is 39.2 Å². The Kier molecular flexibility index (Phi) is 6.96. The average Bonchev–Trinajstić information content (AvgIpc) is 2.91. The smallest absolute Gasteiger partial charge is 0.234 e. The number of carbonyl (C=O) groups is 1. The topological polar surface area (TPSA) is 71.0 Å². The molecule has 1 fully saturated rings. The lowest BCUT2D eigenvalue weighted by Crippen LogP contribution is -2.43. The predicted molar refractivity (Wildman–Crippen MR) is 104 cm³/mol. The third-order valence-electron chi connectivity index (χ3n) is 5.45. The second kappa shape index (κ2) is 9.42. The second-order valence-corrected chi connectivity index (χ2v) is 7.95. The summed E-state index contributed by atoms with van der Waals surface area (Å²) in [6, 6.07) is 5.89. The number of fused-ring (bicyclic) bond motifs is 1. The highest BCUT2D eigenvalue weighted by Gasteiger charge is 2.24. The maximum atomic E-state index is 12.6. The Labute approximate surface area is 161 Å². The molecule has 0 unspecified atom stereocenters. The van der Waals surface area contributed by atoms with Gasteiger partial charge in [-0.25, -0.2) is 0 Å². The molecule has 2 aliphatic heterocycles. The molecule has 27 heavy (non-hydrogen) atoms. The van der Waals surface area contributed by atoms with Gasteiger partial charge in [0.1, 0.15) is 0 Å². The summed E-state index contributed by atoms with van der Waals surface area (Å²) in [5.41, 5.74) is 1.04. The minimum atomic E-state index is -0.0652. The van der Waals surface area contributed by atoms with Crippen LogP contribution in [0.5, 0.6) is 11.5 Å². The van der Waals surface area contributed by atoms with Crippen molar-refractivity contribution in [2.75, 3.05) is 39.5 Å². The van der Waals surface area contributed by atoms with Crippen LogP contribution in [0.1, 0.15) is 44.7 Å². The number of hydrogen-bond donors (Lipinski definition) is 2. The first-order valence-electron chi connectivity index (χ1n) is 10.1. The zero-order valence-corrected chi connectivity index (χ0v) is 16.4. The summed E-state index contributed by atoms with van der Waals surface area (Å²) in [5.74, 6) is 2.23. The van der Waals surface area contributed by atoms with Gasteiger partial charge in [-0.2, -0.15) is 0 Å². The van der Waals surface area contributed by atoms with E-state index in [1.165, 1.54) is 0 Å². The molecule has 1 aromatic rings. The SMILES string of the molecule is CC(C)[C@@H](NC(=O)CN1CCC(CO)CC1)c1ccc2c(c1)OCCCO2. The molecule has 0 bridgehead atoms. The number of piperidine rings is 1. The maximum absolute atomic E-state index is 12.6. The fraction of sp³-hybridized carbons (Fsp3) is 0.667. The van der Waals surface area contributed by atoms with E-state index in [1.54, 1.807) is 0 Å². The van der Waals surface area contributed by atoms with E-state index in [0.717, 1.165) is 49.4 Å². The quantitative estimate of drug-likeness (QED) is 0.798. The highest BCUT2D eigenvalue weighted by molar-refractivity contribution is 5.78. The normalized spacial score (nSPS) is 19.6. The number of aliphatic hydroxyl groups excluding tert-OH is 1. The number of nitrogens with zero attached hydrogens (tertiary/aromatic N) is 1. The lowest BCUT2D eigenvalue weighted by molar-refractivity contribution is -0.123. The molecule has 2 aliphatic rings. The summed E-state index contributed by atoms with van der Waals surface area (Å²) in [6.45, 7) is 7.94. The van der Waals surface area contributed by atoms with Crippen molar-refractivity contribution in [3.05, 3.63) is 23.8 Å². The van der Waals surface area contributed by atoms with Gasteiger partial charge in [0, 0.05) is 13.0 Å². The highest BCUT2D eigenvalue weighted by atomic mass is 16.5. The van der Waals surface area contributed by atoms with Crippen molar-refractivity contribution < 1.29 is 19.4 Å². The number of ether oxygens (including phenoxy) is 2. The molecule has 1 atom stereocenters. The molecule has 2 N–H and O–H groups in total. The minimum absolute atomic E-state index is 0.0447. The van der Waals surface area contributed by atoms with E-state index in [1.807, 2.05) is 18.2 Å². The number of carbonyl (C=O) groups excluding carboxylic acids is 1. The van der Waals surface area contributed by atoms with Gasteiger partial charge in [0.2, 0.25) is 5.91 Å². The van der Waals surface area contributed by atoms with Gasteiger partial charge in [-0.1, -0.05) is 19.9 Å². The van der Waals surface area contributed by atoms with E-state index in [0.29, 0.717) is 25.7 Å². The van der Waals surface area contributed by atoms with Crippen LogP contribution in [0.25, 0.3) is 0 Å². The minimum Gasteiger partial charge on any atom is -0.490 e. The van der Waals surface area contributed by atoms with Crippen LogP contribution >= 0.6 is 0 Å². The van der Waals surface area contributed by atoms with Crippen molar-refractivity contribution in [1.82, 2.24) is 10.2 Å². The van der Waals surface area contributed by atoms with Gasteiger partial charge < -0.3 is 19.9 Å². The van der Waals surface area contributed by atoms with Gasteiger partial charge in [-0.15, -0.1) is 0 Å².